The molecule has 3 fully saturated rings. The summed E-state index contributed by atoms with van der Waals surface area (Å²) in [6.45, 7) is 6.22. The maximum Gasteiger partial charge on any atom is 0.318 e. The summed E-state index contributed by atoms with van der Waals surface area (Å²) in [5.74, 6) is 0.949. The highest BCUT2D eigenvalue weighted by molar-refractivity contribution is 6.36. The van der Waals surface area contributed by atoms with E-state index in [-0.39, 0.29) is 17.5 Å². The molecule has 1 aromatic heterocycles. The van der Waals surface area contributed by atoms with Crippen LogP contribution >= 0.6 is 11.6 Å². The predicted octanol–water partition coefficient (Wildman–Crippen LogP) is 5.09. The molecule has 4 aliphatic heterocycles. The number of halogens is 1. The van der Waals surface area contributed by atoms with E-state index >= 15 is 0 Å². The third-order valence-corrected chi connectivity index (χ3v) is 10.7. The molecule has 5 heterocycles. The van der Waals surface area contributed by atoms with E-state index in [1.165, 1.54) is 31.2 Å². The fraction of sp³-hybridized carbons (Fsp3) is 0.514. The SMILES string of the molecule is COC/C=C/C(=O)N1CC[C@@H](N(C)c2nc(OCC34CCCN3CCC4)nc3c2CCN(c2cccc4cccc(Cl)c24)C3)C1. The second kappa shape index (κ2) is 12.8. The quantitative estimate of drug-likeness (QED) is 0.303. The summed E-state index contributed by atoms with van der Waals surface area (Å²) in [6.07, 6.45) is 9.87. The summed E-state index contributed by atoms with van der Waals surface area (Å²) in [5.41, 5.74) is 3.40. The molecule has 0 saturated carbocycles. The summed E-state index contributed by atoms with van der Waals surface area (Å²) in [6, 6.07) is 13.1. The number of likely N-dealkylation sites (tertiary alicyclic amines) is 1. The van der Waals surface area contributed by atoms with Crippen molar-refractivity contribution < 1.29 is 14.3 Å². The first kappa shape index (κ1) is 30.3. The van der Waals surface area contributed by atoms with Crippen molar-refractivity contribution in [2.45, 2.75) is 56.7 Å². The van der Waals surface area contributed by atoms with Gasteiger partial charge < -0.3 is 24.2 Å². The van der Waals surface area contributed by atoms with E-state index < -0.39 is 0 Å². The summed E-state index contributed by atoms with van der Waals surface area (Å²) >= 11 is 6.74. The van der Waals surface area contributed by atoms with Crippen molar-refractivity contribution in [2.75, 3.05) is 69.9 Å². The average molecular weight is 631 g/mol. The third kappa shape index (κ3) is 5.86. The number of aromatic nitrogens is 2. The van der Waals surface area contributed by atoms with Crippen LogP contribution in [0, 0.1) is 0 Å². The van der Waals surface area contributed by atoms with Crippen LogP contribution in [0.2, 0.25) is 5.02 Å². The van der Waals surface area contributed by atoms with E-state index in [0.717, 1.165) is 72.0 Å². The highest BCUT2D eigenvalue weighted by atomic mass is 35.5. The van der Waals surface area contributed by atoms with E-state index in [1.807, 2.05) is 17.0 Å². The minimum absolute atomic E-state index is 0.0259. The number of hydrogen-bond donors (Lipinski definition) is 0. The lowest BCUT2D eigenvalue weighted by Crippen LogP contribution is -2.44. The van der Waals surface area contributed by atoms with Gasteiger partial charge in [-0.2, -0.15) is 9.97 Å². The largest absolute Gasteiger partial charge is 0.461 e. The molecule has 1 atom stereocenters. The van der Waals surface area contributed by atoms with Crippen molar-refractivity contribution >= 4 is 39.8 Å². The lowest BCUT2D eigenvalue weighted by Gasteiger charge is -2.35. The Morgan fingerprint density at radius 3 is 2.71 bits per heavy atom. The molecule has 0 aliphatic carbocycles. The number of methoxy groups -OCH3 is 1. The maximum absolute atomic E-state index is 12.8. The number of amides is 1. The molecule has 9 nitrogen and oxygen atoms in total. The van der Waals surface area contributed by atoms with Gasteiger partial charge in [0.25, 0.3) is 0 Å². The minimum Gasteiger partial charge on any atom is -0.461 e. The van der Waals surface area contributed by atoms with Crippen LogP contribution in [0.4, 0.5) is 11.5 Å². The second-order valence-corrected chi connectivity index (χ2v) is 13.4. The molecule has 0 radical (unpaired) electrons. The van der Waals surface area contributed by atoms with Crippen LogP contribution < -0.4 is 14.5 Å². The summed E-state index contributed by atoms with van der Waals surface area (Å²) < 4.78 is 11.6. The van der Waals surface area contributed by atoms with Crippen LogP contribution in [0.25, 0.3) is 10.8 Å². The number of likely N-dealkylation sites (N-methyl/N-ethyl adjacent to an activating group) is 1. The molecule has 45 heavy (non-hydrogen) atoms. The highest BCUT2D eigenvalue weighted by Gasteiger charge is 2.45. The van der Waals surface area contributed by atoms with Gasteiger partial charge in [-0.25, -0.2) is 0 Å². The normalized spacial score (nSPS) is 21.1. The van der Waals surface area contributed by atoms with Gasteiger partial charge in [-0.3, -0.25) is 9.69 Å². The summed E-state index contributed by atoms with van der Waals surface area (Å²) in [7, 11) is 3.74. The van der Waals surface area contributed by atoms with E-state index in [9.17, 15) is 4.79 Å². The third-order valence-electron chi connectivity index (χ3n) is 10.4. The Hall–Kier alpha value is -3.40. The highest BCUT2D eigenvalue weighted by Crippen LogP contribution is 2.40. The van der Waals surface area contributed by atoms with Crippen LogP contribution in [-0.2, 0) is 22.5 Å². The number of nitrogens with zero attached hydrogens (tertiary/aromatic N) is 6. The molecule has 0 unspecified atom stereocenters. The molecule has 3 aromatic rings. The molecule has 238 valence electrons. The first-order chi connectivity index (χ1) is 22.0. The fourth-order valence-corrected chi connectivity index (χ4v) is 8.21. The Bertz CT molecular complexity index is 1580. The first-order valence-corrected chi connectivity index (χ1v) is 16.7. The van der Waals surface area contributed by atoms with E-state index in [1.54, 1.807) is 19.3 Å². The monoisotopic (exact) mass is 630 g/mol. The number of hydrogen-bond acceptors (Lipinski definition) is 8. The molecule has 1 amide bonds. The van der Waals surface area contributed by atoms with Crippen LogP contribution in [0.3, 0.4) is 0 Å². The van der Waals surface area contributed by atoms with Crippen molar-refractivity contribution in [1.82, 2.24) is 19.8 Å². The van der Waals surface area contributed by atoms with Gasteiger partial charge in [0.15, 0.2) is 0 Å². The number of anilines is 2. The van der Waals surface area contributed by atoms with Crippen molar-refractivity contribution in [1.29, 1.82) is 0 Å². The molecule has 10 heteroatoms. The molecular weight excluding hydrogens is 588 g/mol. The Morgan fingerprint density at radius 2 is 1.91 bits per heavy atom. The van der Waals surface area contributed by atoms with Crippen molar-refractivity contribution in [3.8, 4) is 6.01 Å². The van der Waals surface area contributed by atoms with Gasteiger partial charge in [0.1, 0.15) is 12.4 Å². The molecule has 4 aliphatic rings. The number of ether oxygens (including phenoxy) is 2. The molecule has 3 saturated heterocycles. The van der Waals surface area contributed by atoms with Gasteiger partial charge >= 0.3 is 6.01 Å². The second-order valence-electron chi connectivity index (χ2n) is 12.9. The summed E-state index contributed by atoms with van der Waals surface area (Å²) in [5, 5.41) is 2.97. The van der Waals surface area contributed by atoms with Gasteiger partial charge in [-0.1, -0.05) is 41.9 Å². The topological polar surface area (TPSA) is 74.3 Å². The number of rotatable bonds is 9. The molecule has 0 spiro atoms. The lowest BCUT2D eigenvalue weighted by atomic mass is 9.95. The van der Waals surface area contributed by atoms with Crippen molar-refractivity contribution in [2.24, 2.45) is 0 Å². The average Bonchev–Trinajstić information content (AvgIpc) is 3.80. The molecule has 0 bridgehead atoms. The standard InChI is InChI=1S/C35H43ClN6O3/c1-39(26-13-19-41(22-26)31(43)12-5-21-44-2)33-27-14-20-40(30-11-4-9-25-8-3-10-28(36)32(25)30)23-29(27)37-34(38-33)45-24-35-15-6-17-42(35)18-7-16-35/h3-5,8-12,26H,6-7,13-24H2,1-2H3/b12-5+/t26-/m1/s1. The van der Waals surface area contributed by atoms with Gasteiger partial charge in [0.05, 0.1) is 29.4 Å². The Labute approximate surface area is 270 Å². The van der Waals surface area contributed by atoms with Crippen molar-refractivity contribution in [3.05, 3.63) is 64.8 Å². The predicted molar refractivity (Wildman–Crippen MR) is 178 cm³/mol. The lowest BCUT2D eigenvalue weighted by molar-refractivity contribution is -0.125. The van der Waals surface area contributed by atoms with Crippen LogP contribution in [0.15, 0.2) is 48.6 Å². The van der Waals surface area contributed by atoms with Gasteiger partial charge in [0, 0.05) is 62.5 Å². The molecular formula is C35H43ClN6O3. The molecule has 0 N–H and O–H groups in total. The van der Waals surface area contributed by atoms with E-state index in [2.05, 4.69) is 46.0 Å². The zero-order valence-corrected chi connectivity index (χ0v) is 27.1. The summed E-state index contributed by atoms with van der Waals surface area (Å²) in [4.78, 5) is 32.1. The minimum atomic E-state index is 0.0259. The molecule has 2 aromatic carbocycles. The zero-order chi connectivity index (χ0) is 31.0. The van der Waals surface area contributed by atoms with Crippen LogP contribution in [0.5, 0.6) is 6.01 Å². The number of carbonyl (C=O) groups is 1. The Balaban J connectivity index is 1.18. The van der Waals surface area contributed by atoms with Crippen LogP contribution in [0.1, 0.15) is 43.4 Å². The van der Waals surface area contributed by atoms with Gasteiger partial charge in [-0.05, 0) is 69.1 Å². The van der Waals surface area contributed by atoms with E-state index in [0.29, 0.717) is 32.3 Å². The number of carbonyl (C=O) groups excluding carboxylic acids is 1. The first-order valence-electron chi connectivity index (χ1n) is 16.3. The van der Waals surface area contributed by atoms with Crippen LogP contribution in [-0.4, -0.2) is 97.4 Å². The fourth-order valence-electron chi connectivity index (χ4n) is 7.93. The van der Waals surface area contributed by atoms with Crippen molar-refractivity contribution in [3.63, 3.8) is 0 Å². The number of benzene rings is 2. The molecule has 7 rings (SSSR count). The number of fused-ring (bicyclic) bond motifs is 3. The Kier molecular flexibility index (Phi) is 8.59. The van der Waals surface area contributed by atoms with E-state index in [4.69, 9.17) is 31.0 Å². The van der Waals surface area contributed by atoms with Gasteiger partial charge in [-0.15, -0.1) is 0 Å². The Morgan fingerprint density at radius 1 is 1.11 bits per heavy atom. The maximum atomic E-state index is 12.8. The zero-order valence-electron chi connectivity index (χ0n) is 26.4. The smallest absolute Gasteiger partial charge is 0.318 e. The van der Waals surface area contributed by atoms with Gasteiger partial charge in [0.2, 0.25) is 5.91 Å².